The van der Waals surface area contributed by atoms with Gasteiger partial charge in [-0.15, -0.1) is 0 Å². The Balaban J connectivity index is 1.06. The number of oxime groups is 1. The van der Waals surface area contributed by atoms with Crippen LogP contribution in [0.3, 0.4) is 0 Å². The number of thioether (sulfide) groups is 1. The molecule has 1 fully saturated rings. The summed E-state index contributed by atoms with van der Waals surface area (Å²) in [4.78, 5) is 48.1. The third kappa shape index (κ3) is 9.53. The van der Waals surface area contributed by atoms with Gasteiger partial charge in [0.05, 0.1) is 24.5 Å². The van der Waals surface area contributed by atoms with Crippen molar-refractivity contribution in [2.24, 2.45) is 5.16 Å². The van der Waals surface area contributed by atoms with E-state index in [4.69, 9.17) is 19.0 Å². The van der Waals surface area contributed by atoms with Crippen LogP contribution in [0.2, 0.25) is 0 Å². The number of esters is 1. The standard InChI is InChI=1S/C44H50N4O7S/c1-28-25-34-35(44(4,5)20-19-43(34,2)3)27-33(28)39(30-13-15-31(16-14-30)41(50)52-7)47-55-24-23-54-38-10-8-9-37(45-38)48(6)21-22-53-32-17-11-29(12-18-32)26-36-40(49)46-42(51)56-36/h8-18,25,27,36H,19-24,26H2,1-7H3,(H,46,49,51)/b47-39-. The van der Waals surface area contributed by atoms with Crippen molar-refractivity contribution in [3.8, 4) is 11.6 Å². The van der Waals surface area contributed by atoms with E-state index in [1.54, 1.807) is 18.2 Å². The van der Waals surface area contributed by atoms with Crippen LogP contribution in [0.25, 0.3) is 0 Å². The molecule has 0 saturated carbocycles. The summed E-state index contributed by atoms with van der Waals surface area (Å²) in [6, 6.07) is 25.0. The summed E-state index contributed by atoms with van der Waals surface area (Å²) in [6.45, 7) is 12.8. The predicted octanol–water partition coefficient (Wildman–Crippen LogP) is 7.78. The van der Waals surface area contributed by atoms with Crippen molar-refractivity contribution in [3.63, 3.8) is 0 Å². The number of fused-ring (bicyclic) bond motifs is 1. The summed E-state index contributed by atoms with van der Waals surface area (Å²) < 4.78 is 16.8. The molecule has 0 radical (unpaired) electrons. The van der Waals surface area contributed by atoms with Crippen LogP contribution in [-0.4, -0.2) is 73.6 Å². The monoisotopic (exact) mass is 778 g/mol. The van der Waals surface area contributed by atoms with E-state index in [9.17, 15) is 14.4 Å². The maximum atomic E-state index is 12.2. The highest BCUT2D eigenvalue weighted by Gasteiger charge is 2.38. The number of benzene rings is 3. The van der Waals surface area contributed by atoms with E-state index in [1.807, 2.05) is 60.5 Å². The van der Waals surface area contributed by atoms with Crippen LogP contribution in [-0.2, 0) is 31.6 Å². The van der Waals surface area contributed by atoms with Gasteiger partial charge in [-0.3, -0.25) is 14.9 Å². The van der Waals surface area contributed by atoms with Gasteiger partial charge >= 0.3 is 5.97 Å². The second kappa shape index (κ2) is 17.2. The normalized spacial score (nSPS) is 17.1. The first-order valence-electron chi connectivity index (χ1n) is 18.8. The predicted molar refractivity (Wildman–Crippen MR) is 219 cm³/mol. The first-order chi connectivity index (χ1) is 26.7. The number of likely N-dealkylation sites (N-methyl/N-ethyl adjacent to an activating group) is 1. The fourth-order valence-electron chi connectivity index (χ4n) is 6.99. The molecule has 2 heterocycles. The Morgan fingerprint density at radius 2 is 1.57 bits per heavy atom. The molecular weight excluding hydrogens is 729 g/mol. The molecule has 56 heavy (non-hydrogen) atoms. The lowest BCUT2D eigenvalue weighted by Crippen LogP contribution is -2.34. The average molecular weight is 779 g/mol. The molecule has 6 rings (SSSR count). The number of nitrogens with one attached hydrogen (secondary N) is 1. The number of imide groups is 1. The van der Waals surface area contributed by atoms with Gasteiger partial charge in [-0.2, -0.15) is 4.98 Å². The van der Waals surface area contributed by atoms with Crippen molar-refractivity contribution >= 4 is 40.4 Å². The molecule has 1 saturated heterocycles. The zero-order chi connectivity index (χ0) is 40.0. The number of carbonyl (C=O) groups excluding carboxylic acids is 3. The number of aromatic nitrogens is 1. The molecule has 3 aromatic carbocycles. The number of ether oxygens (including phenoxy) is 3. The van der Waals surface area contributed by atoms with E-state index in [0.29, 0.717) is 42.5 Å². The molecule has 1 aliphatic heterocycles. The van der Waals surface area contributed by atoms with Gasteiger partial charge in [-0.05, 0) is 95.7 Å². The van der Waals surface area contributed by atoms with E-state index >= 15 is 0 Å². The Hall–Kier alpha value is -5.36. The fraction of sp³-hybridized carbons (Fsp3) is 0.386. The van der Waals surface area contributed by atoms with Crippen LogP contribution >= 0.6 is 11.8 Å². The van der Waals surface area contributed by atoms with Gasteiger partial charge in [0.25, 0.3) is 5.24 Å². The maximum absolute atomic E-state index is 12.2. The van der Waals surface area contributed by atoms with E-state index in [-0.39, 0.29) is 35.2 Å². The molecule has 4 aromatic rings. The maximum Gasteiger partial charge on any atom is 0.337 e. The molecule has 2 amide bonds. The number of methoxy groups -OCH3 is 1. The molecule has 2 aliphatic rings. The largest absolute Gasteiger partial charge is 0.492 e. The fourth-order valence-corrected chi connectivity index (χ4v) is 7.85. The summed E-state index contributed by atoms with van der Waals surface area (Å²) in [7, 11) is 3.31. The van der Waals surface area contributed by atoms with E-state index in [1.165, 1.54) is 18.2 Å². The van der Waals surface area contributed by atoms with Crippen LogP contribution in [0, 0.1) is 6.92 Å². The minimum Gasteiger partial charge on any atom is -0.492 e. The van der Waals surface area contributed by atoms with Crippen molar-refractivity contribution in [2.75, 3.05) is 45.4 Å². The van der Waals surface area contributed by atoms with Gasteiger partial charge in [0.2, 0.25) is 11.8 Å². The van der Waals surface area contributed by atoms with Gasteiger partial charge in [-0.25, -0.2) is 4.79 Å². The van der Waals surface area contributed by atoms with Crippen molar-refractivity contribution in [2.45, 2.75) is 70.0 Å². The smallest absolute Gasteiger partial charge is 0.337 e. The Kier molecular flexibility index (Phi) is 12.4. The topological polar surface area (TPSA) is 129 Å². The number of hydrogen-bond acceptors (Lipinski definition) is 11. The quantitative estimate of drug-likeness (QED) is 0.0553. The number of anilines is 1. The summed E-state index contributed by atoms with van der Waals surface area (Å²) in [6.07, 6.45) is 2.70. The van der Waals surface area contributed by atoms with Crippen molar-refractivity contribution in [1.29, 1.82) is 0 Å². The van der Waals surface area contributed by atoms with E-state index in [2.05, 4.69) is 62.2 Å². The second-order valence-corrected chi connectivity index (χ2v) is 16.7. The highest BCUT2D eigenvalue weighted by Crippen LogP contribution is 2.46. The van der Waals surface area contributed by atoms with Crippen molar-refractivity contribution < 1.29 is 33.4 Å². The highest BCUT2D eigenvalue weighted by atomic mass is 32.2. The number of aryl methyl sites for hydroxylation is 1. The minimum atomic E-state index is -0.399. The number of amides is 2. The lowest BCUT2D eigenvalue weighted by atomic mass is 9.62. The molecule has 1 atom stereocenters. The van der Waals surface area contributed by atoms with Gasteiger partial charge < -0.3 is 23.9 Å². The third-order valence-corrected chi connectivity index (χ3v) is 11.5. The van der Waals surface area contributed by atoms with Crippen molar-refractivity contribution in [1.82, 2.24) is 10.3 Å². The van der Waals surface area contributed by atoms with Gasteiger partial charge in [-0.1, -0.05) is 81.0 Å². The van der Waals surface area contributed by atoms with Crippen molar-refractivity contribution in [3.05, 3.63) is 118 Å². The first kappa shape index (κ1) is 40.3. The Bertz CT molecular complexity index is 2100. The zero-order valence-electron chi connectivity index (χ0n) is 33.1. The van der Waals surface area contributed by atoms with Gasteiger partial charge in [0.15, 0.2) is 6.61 Å². The molecule has 12 heteroatoms. The minimum absolute atomic E-state index is 0.0121. The SMILES string of the molecule is COC(=O)c1ccc(/C(=N/OCCOc2cccc(N(C)CCOc3ccc(CC4SC(=O)NC4=O)cc3)n2)c2cc3c(cc2C)C(C)(C)CCC3(C)C)cc1. The molecule has 1 N–H and O–H groups in total. The van der Waals surface area contributed by atoms with Crippen LogP contribution in [0.15, 0.2) is 84.0 Å². The number of pyridine rings is 1. The van der Waals surface area contributed by atoms with E-state index < -0.39 is 11.2 Å². The number of carbonyl (C=O) groups is 3. The van der Waals surface area contributed by atoms with Gasteiger partial charge in [0.1, 0.15) is 30.5 Å². The van der Waals surface area contributed by atoms with Crippen LogP contribution in [0.5, 0.6) is 11.6 Å². The molecule has 11 nitrogen and oxygen atoms in total. The molecule has 294 valence electrons. The third-order valence-electron chi connectivity index (χ3n) is 10.5. The van der Waals surface area contributed by atoms with E-state index in [0.717, 1.165) is 52.7 Å². The number of hydrogen-bond donors (Lipinski definition) is 1. The van der Waals surface area contributed by atoms with Crippen LogP contribution in [0.4, 0.5) is 10.6 Å². The zero-order valence-corrected chi connectivity index (χ0v) is 34.0. The molecule has 0 bridgehead atoms. The Morgan fingerprint density at radius 1 is 0.893 bits per heavy atom. The average Bonchev–Trinajstić information content (AvgIpc) is 3.50. The lowest BCUT2D eigenvalue weighted by molar-refractivity contribution is -0.118. The summed E-state index contributed by atoms with van der Waals surface area (Å²) in [5, 5.41) is 6.30. The molecule has 1 aromatic heterocycles. The number of rotatable bonds is 15. The highest BCUT2D eigenvalue weighted by molar-refractivity contribution is 8.15. The molecule has 1 unspecified atom stereocenters. The first-order valence-corrected chi connectivity index (χ1v) is 19.7. The Labute approximate surface area is 333 Å². The van der Waals surface area contributed by atoms with Crippen LogP contribution < -0.4 is 19.7 Å². The van der Waals surface area contributed by atoms with Crippen LogP contribution in [0.1, 0.15) is 84.3 Å². The molecular formula is C44H50N4O7S. The van der Waals surface area contributed by atoms with Gasteiger partial charge in [0, 0.05) is 24.2 Å². The summed E-state index contributed by atoms with van der Waals surface area (Å²) >= 11 is 1.03. The summed E-state index contributed by atoms with van der Waals surface area (Å²) in [5.41, 5.74) is 7.77. The Morgan fingerprint density at radius 3 is 2.23 bits per heavy atom. The molecule has 1 aliphatic carbocycles. The summed E-state index contributed by atoms with van der Waals surface area (Å²) in [5.74, 6) is 1.26. The number of nitrogens with zero attached hydrogens (tertiary/aromatic N) is 3. The second-order valence-electron chi connectivity index (χ2n) is 15.5. The molecule has 0 spiro atoms. The lowest BCUT2D eigenvalue weighted by Gasteiger charge is -2.42.